The molecule has 0 saturated carbocycles. The zero-order valence-electron chi connectivity index (χ0n) is 16.5. The van der Waals surface area contributed by atoms with Crippen LogP contribution < -0.4 is 10.1 Å². The highest BCUT2D eigenvalue weighted by Crippen LogP contribution is 2.34. The Balaban J connectivity index is 1.25. The summed E-state index contributed by atoms with van der Waals surface area (Å²) in [7, 11) is 0. The molecule has 30 heavy (non-hydrogen) atoms. The molecule has 4 aromatic rings. The van der Waals surface area contributed by atoms with Crippen LogP contribution >= 0.6 is 0 Å². The molecule has 8 nitrogen and oxygen atoms in total. The fraction of sp³-hybridized carbons (Fsp3) is 0.364. The summed E-state index contributed by atoms with van der Waals surface area (Å²) in [4.78, 5) is 0. The molecule has 0 amide bonds. The van der Waals surface area contributed by atoms with Gasteiger partial charge in [-0.15, -0.1) is 10.2 Å². The van der Waals surface area contributed by atoms with Gasteiger partial charge in [0.05, 0.1) is 23.6 Å². The molecule has 3 atom stereocenters. The smallest absolute Gasteiger partial charge is 0.233 e. The summed E-state index contributed by atoms with van der Waals surface area (Å²) < 4.78 is 6.18. The first-order chi connectivity index (χ1) is 14.8. The van der Waals surface area contributed by atoms with Gasteiger partial charge in [-0.2, -0.15) is 10.2 Å². The molecule has 6 rings (SSSR count). The summed E-state index contributed by atoms with van der Waals surface area (Å²) in [5.41, 5.74) is 4.78. The van der Waals surface area contributed by atoms with Gasteiger partial charge < -0.3 is 10.1 Å². The summed E-state index contributed by atoms with van der Waals surface area (Å²) in [5, 5.41) is 27.8. The Labute approximate surface area is 173 Å². The van der Waals surface area contributed by atoms with Gasteiger partial charge in [0, 0.05) is 40.9 Å². The minimum absolute atomic E-state index is 0.218. The van der Waals surface area contributed by atoms with Gasteiger partial charge in [-0.1, -0.05) is 12.5 Å². The fourth-order valence-electron chi connectivity index (χ4n) is 4.91. The van der Waals surface area contributed by atoms with Crippen molar-refractivity contribution < 1.29 is 4.74 Å². The molecule has 0 aliphatic carbocycles. The first-order valence-electron chi connectivity index (χ1n) is 10.6. The number of nitrogens with zero attached hydrogens (tertiary/aromatic N) is 4. The van der Waals surface area contributed by atoms with Gasteiger partial charge >= 0.3 is 0 Å². The zero-order valence-corrected chi connectivity index (χ0v) is 16.5. The predicted molar refractivity (Wildman–Crippen MR) is 113 cm³/mol. The molecule has 3 N–H and O–H groups in total. The average molecular weight is 401 g/mol. The number of hydrogen-bond acceptors (Lipinski definition) is 6. The quantitative estimate of drug-likeness (QED) is 0.484. The lowest BCUT2D eigenvalue weighted by Gasteiger charge is -2.39. The van der Waals surface area contributed by atoms with Gasteiger partial charge in [0.2, 0.25) is 5.88 Å². The highest BCUT2D eigenvalue weighted by Gasteiger charge is 2.32. The van der Waals surface area contributed by atoms with E-state index in [0.717, 1.165) is 46.1 Å². The van der Waals surface area contributed by atoms with Gasteiger partial charge in [0.15, 0.2) is 0 Å². The number of aromatic amines is 2. The number of ether oxygens (including phenoxy) is 1. The van der Waals surface area contributed by atoms with Gasteiger partial charge in [0.25, 0.3) is 0 Å². The Kier molecular flexibility index (Phi) is 4.23. The molecule has 0 radical (unpaired) electrons. The van der Waals surface area contributed by atoms with Crippen LogP contribution in [0.25, 0.3) is 33.3 Å². The molecular formula is C22H23N7O. The van der Waals surface area contributed by atoms with Crippen LogP contribution in [0, 0.1) is 0 Å². The van der Waals surface area contributed by atoms with Crippen molar-refractivity contribution in [3.05, 3.63) is 42.9 Å². The molecule has 1 unspecified atom stereocenters. The molecule has 152 valence electrons. The zero-order chi connectivity index (χ0) is 19.9. The topological polar surface area (TPSA) is 104 Å². The van der Waals surface area contributed by atoms with E-state index in [4.69, 9.17) is 4.74 Å². The van der Waals surface area contributed by atoms with E-state index in [1.165, 1.54) is 19.3 Å². The normalized spacial score (nSPS) is 23.5. The van der Waals surface area contributed by atoms with Crippen molar-refractivity contribution in [3.8, 4) is 28.3 Å². The molecule has 2 saturated heterocycles. The molecule has 3 aromatic heterocycles. The molecule has 1 aromatic carbocycles. The average Bonchev–Trinajstić information content (AvgIpc) is 3.46. The minimum atomic E-state index is 0.218. The lowest BCUT2D eigenvalue weighted by atomic mass is 9.85. The highest BCUT2D eigenvalue weighted by molar-refractivity contribution is 6.01. The Hall–Kier alpha value is -3.26. The van der Waals surface area contributed by atoms with Crippen LogP contribution in [0.5, 0.6) is 5.88 Å². The maximum absolute atomic E-state index is 6.18. The summed E-state index contributed by atoms with van der Waals surface area (Å²) >= 11 is 0. The number of piperidine rings is 2. The molecule has 2 fully saturated rings. The van der Waals surface area contributed by atoms with Crippen LogP contribution in [0.4, 0.5) is 0 Å². The molecule has 5 heterocycles. The highest BCUT2D eigenvalue weighted by atomic mass is 16.5. The summed E-state index contributed by atoms with van der Waals surface area (Å²) in [6.45, 7) is 0. The van der Waals surface area contributed by atoms with Gasteiger partial charge in [-0.3, -0.25) is 10.2 Å². The monoisotopic (exact) mass is 401 g/mol. The lowest BCUT2D eigenvalue weighted by Crippen LogP contribution is -2.51. The number of rotatable bonds is 4. The summed E-state index contributed by atoms with van der Waals surface area (Å²) in [6.07, 6.45) is 11.6. The maximum Gasteiger partial charge on any atom is 0.233 e. The largest absolute Gasteiger partial charge is 0.473 e. The van der Waals surface area contributed by atoms with Crippen molar-refractivity contribution in [2.24, 2.45) is 0 Å². The Morgan fingerprint density at radius 1 is 0.900 bits per heavy atom. The van der Waals surface area contributed by atoms with Crippen LogP contribution in [-0.4, -0.2) is 48.8 Å². The first kappa shape index (κ1) is 17.6. The van der Waals surface area contributed by atoms with E-state index in [1.54, 1.807) is 0 Å². The Morgan fingerprint density at radius 2 is 1.77 bits per heavy atom. The standard InChI is InChI=1S/C22H23N7O/c1-2-14-8-16(9-15(3-1)26-14)30-21-7-6-20(27-28-21)18-5-4-17(13-10-23-24-11-13)19-12-25-29-22(18)19/h4-7,10-12,14-16,26H,1-3,8-9H2,(H,23,24)(H,25,29)/t14-,15+,16?. The van der Waals surface area contributed by atoms with E-state index >= 15 is 0 Å². The minimum Gasteiger partial charge on any atom is -0.473 e. The third kappa shape index (κ3) is 3.13. The van der Waals surface area contributed by atoms with E-state index in [0.29, 0.717) is 18.0 Å². The van der Waals surface area contributed by atoms with E-state index < -0.39 is 0 Å². The van der Waals surface area contributed by atoms with Crippen LogP contribution in [0.2, 0.25) is 0 Å². The summed E-state index contributed by atoms with van der Waals surface area (Å²) in [6, 6.07) is 9.16. The van der Waals surface area contributed by atoms with Crippen molar-refractivity contribution in [1.29, 1.82) is 0 Å². The van der Waals surface area contributed by atoms with Crippen molar-refractivity contribution >= 4 is 10.9 Å². The second kappa shape index (κ2) is 7.21. The third-order valence-electron chi connectivity index (χ3n) is 6.30. The van der Waals surface area contributed by atoms with E-state index in [2.05, 4.69) is 42.0 Å². The van der Waals surface area contributed by atoms with E-state index in [9.17, 15) is 0 Å². The van der Waals surface area contributed by atoms with Crippen LogP contribution in [-0.2, 0) is 0 Å². The van der Waals surface area contributed by atoms with Crippen LogP contribution in [0.15, 0.2) is 42.9 Å². The van der Waals surface area contributed by atoms with Crippen molar-refractivity contribution in [2.45, 2.75) is 50.3 Å². The second-order valence-corrected chi connectivity index (χ2v) is 8.27. The SMILES string of the molecule is c1n[nH]cc1-c1ccc(-c2ccc(OC3C[C@H]4CCC[C@@H](C3)N4)nn2)c2[nH]ncc12. The van der Waals surface area contributed by atoms with Gasteiger partial charge in [-0.25, -0.2) is 0 Å². The Morgan fingerprint density at radius 3 is 2.53 bits per heavy atom. The van der Waals surface area contributed by atoms with Crippen LogP contribution in [0.1, 0.15) is 32.1 Å². The number of hydrogen-bond donors (Lipinski definition) is 3. The first-order valence-corrected chi connectivity index (χ1v) is 10.6. The molecule has 8 heteroatoms. The van der Waals surface area contributed by atoms with Crippen molar-refractivity contribution in [2.75, 3.05) is 0 Å². The second-order valence-electron chi connectivity index (χ2n) is 8.27. The van der Waals surface area contributed by atoms with Gasteiger partial charge in [0.1, 0.15) is 6.10 Å². The maximum atomic E-state index is 6.18. The predicted octanol–water partition coefficient (Wildman–Crippen LogP) is 3.46. The lowest BCUT2D eigenvalue weighted by molar-refractivity contribution is 0.0881. The Bertz CT molecular complexity index is 1140. The molecular weight excluding hydrogens is 378 g/mol. The number of H-pyrrole nitrogens is 2. The van der Waals surface area contributed by atoms with Crippen molar-refractivity contribution in [3.63, 3.8) is 0 Å². The van der Waals surface area contributed by atoms with E-state index in [-0.39, 0.29) is 6.10 Å². The number of fused-ring (bicyclic) bond motifs is 3. The van der Waals surface area contributed by atoms with Crippen molar-refractivity contribution in [1.82, 2.24) is 35.9 Å². The van der Waals surface area contributed by atoms with Gasteiger partial charge in [-0.05, 0) is 43.4 Å². The molecule has 0 spiro atoms. The molecule has 2 aliphatic rings. The van der Waals surface area contributed by atoms with Crippen LogP contribution in [0.3, 0.4) is 0 Å². The fourth-order valence-corrected chi connectivity index (χ4v) is 4.91. The molecule has 2 bridgehead atoms. The number of aromatic nitrogens is 6. The summed E-state index contributed by atoms with van der Waals surface area (Å²) in [5.74, 6) is 0.597. The number of benzene rings is 1. The third-order valence-corrected chi connectivity index (χ3v) is 6.30. The molecule has 2 aliphatic heterocycles. The van der Waals surface area contributed by atoms with E-state index in [1.807, 2.05) is 36.8 Å². The number of nitrogens with one attached hydrogen (secondary N) is 3.